The van der Waals surface area contributed by atoms with E-state index in [0.717, 1.165) is 5.56 Å². The van der Waals surface area contributed by atoms with Gasteiger partial charge < -0.3 is 15.5 Å². The van der Waals surface area contributed by atoms with E-state index in [1.807, 2.05) is 44.2 Å². The average Bonchev–Trinajstić information content (AvgIpc) is 2.61. The van der Waals surface area contributed by atoms with Gasteiger partial charge in [0.25, 0.3) is 0 Å². The van der Waals surface area contributed by atoms with Crippen LogP contribution in [0.5, 0.6) is 5.75 Å². The van der Waals surface area contributed by atoms with Crippen LogP contribution in [0.25, 0.3) is 6.08 Å². The summed E-state index contributed by atoms with van der Waals surface area (Å²) in [5.41, 5.74) is 1.35. The molecule has 2 aromatic rings. The molecule has 0 aliphatic carbocycles. The number of aromatic hydroxyl groups is 1. The number of aromatic nitrogens is 1. The molecule has 1 aromatic carbocycles. The molecular formula is C20H24N2O3. The molecule has 0 spiro atoms. The fourth-order valence-corrected chi connectivity index (χ4v) is 2.61. The molecule has 1 aromatic heterocycles. The molecule has 5 heteroatoms. The molecule has 0 fully saturated rings. The molecule has 0 aliphatic heterocycles. The first-order chi connectivity index (χ1) is 11.9. The van der Waals surface area contributed by atoms with Crippen LogP contribution in [0.15, 0.2) is 54.9 Å². The number of amides is 1. The summed E-state index contributed by atoms with van der Waals surface area (Å²) in [6, 6.07) is 11.4. The molecule has 0 aliphatic rings. The van der Waals surface area contributed by atoms with Crippen molar-refractivity contribution in [2.75, 3.05) is 13.2 Å². The highest BCUT2D eigenvalue weighted by atomic mass is 16.3. The van der Waals surface area contributed by atoms with Gasteiger partial charge in [0.1, 0.15) is 5.75 Å². The summed E-state index contributed by atoms with van der Waals surface area (Å²) in [5, 5.41) is 22.0. The molecule has 0 saturated carbocycles. The van der Waals surface area contributed by atoms with Crippen LogP contribution in [0.4, 0.5) is 0 Å². The second kappa shape index (κ2) is 8.44. The zero-order chi connectivity index (χ0) is 18.3. The molecule has 0 radical (unpaired) electrons. The number of nitrogens with one attached hydrogen (secondary N) is 1. The van der Waals surface area contributed by atoms with E-state index in [9.17, 15) is 15.0 Å². The number of benzene rings is 1. The standard InChI is InChI=1S/C20H24N2O3/c1-20(2,14-23)18(16-6-4-3-5-7-16)13-22-19(25)9-8-15-10-17(24)12-21-11-15/h3-12,18,23-24H,13-14H2,1-2H3,(H,22,25)/b9-8+. The Labute approximate surface area is 148 Å². The number of carbonyl (C=O) groups excluding carboxylic acids is 1. The number of pyridine rings is 1. The molecule has 1 heterocycles. The third kappa shape index (κ3) is 5.43. The summed E-state index contributed by atoms with van der Waals surface area (Å²) in [6.45, 7) is 4.39. The van der Waals surface area contributed by atoms with E-state index in [2.05, 4.69) is 10.3 Å². The second-order valence-corrected chi connectivity index (χ2v) is 6.66. The molecule has 1 unspecified atom stereocenters. The minimum absolute atomic E-state index is 0.0153. The molecule has 1 amide bonds. The van der Waals surface area contributed by atoms with Crippen LogP contribution in [0, 0.1) is 5.41 Å². The summed E-state index contributed by atoms with van der Waals surface area (Å²) in [7, 11) is 0. The Morgan fingerprint density at radius 3 is 2.64 bits per heavy atom. The zero-order valence-electron chi connectivity index (χ0n) is 14.5. The Kier molecular flexibility index (Phi) is 6.31. The molecule has 0 saturated heterocycles. The van der Waals surface area contributed by atoms with Crippen LogP contribution < -0.4 is 5.32 Å². The van der Waals surface area contributed by atoms with E-state index < -0.39 is 0 Å². The molecule has 3 N–H and O–H groups in total. The number of hydrogen-bond acceptors (Lipinski definition) is 4. The lowest BCUT2D eigenvalue weighted by atomic mass is 9.75. The average molecular weight is 340 g/mol. The predicted octanol–water partition coefficient (Wildman–Crippen LogP) is 2.72. The van der Waals surface area contributed by atoms with E-state index in [4.69, 9.17) is 0 Å². The molecular weight excluding hydrogens is 316 g/mol. The van der Waals surface area contributed by atoms with Gasteiger partial charge >= 0.3 is 0 Å². The maximum atomic E-state index is 12.1. The van der Waals surface area contributed by atoms with Crippen LogP contribution in [0.3, 0.4) is 0 Å². The van der Waals surface area contributed by atoms with Crippen LogP contribution >= 0.6 is 0 Å². The van der Waals surface area contributed by atoms with Gasteiger partial charge in [0.2, 0.25) is 5.91 Å². The summed E-state index contributed by atoms with van der Waals surface area (Å²) in [5.74, 6) is -0.201. The van der Waals surface area contributed by atoms with Crippen molar-refractivity contribution in [3.8, 4) is 5.75 Å². The van der Waals surface area contributed by atoms with Gasteiger partial charge in [0.05, 0.1) is 6.20 Å². The minimum atomic E-state index is -0.368. The van der Waals surface area contributed by atoms with Gasteiger partial charge in [0, 0.05) is 31.3 Å². The molecule has 25 heavy (non-hydrogen) atoms. The summed E-state index contributed by atoms with van der Waals surface area (Å²) in [4.78, 5) is 16.0. The zero-order valence-corrected chi connectivity index (χ0v) is 14.5. The van der Waals surface area contributed by atoms with Crippen molar-refractivity contribution in [3.63, 3.8) is 0 Å². The van der Waals surface area contributed by atoms with Gasteiger partial charge in [-0.3, -0.25) is 9.78 Å². The van der Waals surface area contributed by atoms with E-state index in [1.54, 1.807) is 12.3 Å². The SMILES string of the molecule is CC(C)(CO)C(CNC(=O)/C=C/c1cncc(O)c1)c1ccccc1. The van der Waals surface area contributed by atoms with Gasteiger partial charge in [0.15, 0.2) is 0 Å². The normalized spacial score (nSPS) is 12.9. The topological polar surface area (TPSA) is 82.5 Å². The van der Waals surface area contributed by atoms with E-state index in [-0.39, 0.29) is 29.6 Å². The maximum absolute atomic E-state index is 12.1. The molecule has 5 nitrogen and oxygen atoms in total. The third-order valence-electron chi connectivity index (χ3n) is 4.21. The van der Waals surface area contributed by atoms with E-state index >= 15 is 0 Å². The van der Waals surface area contributed by atoms with Crippen LogP contribution in [-0.2, 0) is 4.79 Å². The summed E-state index contributed by atoms with van der Waals surface area (Å²) < 4.78 is 0. The van der Waals surface area contributed by atoms with Crippen molar-refractivity contribution < 1.29 is 15.0 Å². The molecule has 2 rings (SSSR count). The van der Waals surface area contributed by atoms with Crippen molar-refractivity contribution in [2.24, 2.45) is 5.41 Å². The highest BCUT2D eigenvalue weighted by molar-refractivity contribution is 5.91. The number of rotatable bonds is 7. The first-order valence-electron chi connectivity index (χ1n) is 8.18. The maximum Gasteiger partial charge on any atom is 0.244 e. The number of aliphatic hydroxyl groups excluding tert-OH is 1. The van der Waals surface area contributed by atoms with Crippen molar-refractivity contribution >= 4 is 12.0 Å². The lowest BCUT2D eigenvalue weighted by Crippen LogP contribution is -2.36. The fraction of sp³-hybridized carbons (Fsp3) is 0.300. The van der Waals surface area contributed by atoms with Gasteiger partial charge in [-0.1, -0.05) is 44.2 Å². The van der Waals surface area contributed by atoms with Crippen molar-refractivity contribution in [1.29, 1.82) is 0 Å². The van der Waals surface area contributed by atoms with Crippen molar-refractivity contribution in [2.45, 2.75) is 19.8 Å². The largest absolute Gasteiger partial charge is 0.506 e. The Hall–Kier alpha value is -2.66. The Bertz CT molecular complexity index is 727. The predicted molar refractivity (Wildman–Crippen MR) is 98.0 cm³/mol. The van der Waals surface area contributed by atoms with Crippen molar-refractivity contribution in [1.82, 2.24) is 10.3 Å². The summed E-state index contributed by atoms with van der Waals surface area (Å²) >= 11 is 0. The molecule has 132 valence electrons. The Morgan fingerprint density at radius 2 is 2.00 bits per heavy atom. The van der Waals surface area contributed by atoms with Crippen molar-refractivity contribution in [3.05, 3.63) is 66.0 Å². The number of hydrogen-bond donors (Lipinski definition) is 3. The first kappa shape index (κ1) is 18.7. The second-order valence-electron chi connectivity index (χ2n) is 6.66. The van der Waals surface area contributed by atoms with Crippen LogP contribution in [0.1, 0.15) is 30.9 Å². The number of nitrogens with zero attached hydrogens (tertiary/aromatic N) is 1. The first-order valence-corrected chi connectivity index (χ1v) is 8.18. The lowest BCUT2D eigenvalue weighted by molar-refractivity contribution is -0.116. The Morgan fingerprint density at radius 1 is 1.28 bits per heavy atom. The van der Waals surface area contributed by atoms with E-state index in [1.165, 1.54) is 18.3 Å². The van der Waals surface area contributed by atoms with Crippen LogP contribution in [0.2, 0.25) is 0 Å². The highest BCUT2D eigenvalue weighted by Gasteiger charge is 2.30. The fourth-order valence-electron chi connectivity index (χ4n) is 2.61. The van der Waals surface area contributed by atoms with Gasteiger partial charge in [-0.2, -0.15) is 0 Å². The van der Waals surface area contributed by atoms with Gasteiger partial charge in [-0.25, -0.2) is 0 Å². The number of aliphatic hydroxyl groups is 1. The third-order valence-corrected chi connectivity index (χ3v) is 4.21. The van der Waals surface area contributed by atoms with E-state index in [0.29, 0.717) is 12.1 Å². The van der Waals surface area contributed by atoms with Gasteiger partial charge in [-0.05, 0) is 28.7 Å². The summed E-state index contributed by atoms with van der Waals surface area (Å²) in [6.07, 6.45) is 5.89. The molecule has 0 bridgehead atoms. The lowest BCUT2D eigenvalue weighted by Gasteiger charge is -2.33. The van der Waals surface area contributed by atoms with Gasteiger partial charge in [-0.15, -0.1) is 0 Å². The quantitative estimate of drug-likeness (QED) is 0.677. The highest BCUT2D eigenvalue weighted by Crippen LogP contribution is 2.34. The monoisotopic (exact) mass is 340 g/mol. The van der Waals surface area contributed by atoms with Crippen LogP contribution in [-0.4, -0.2) is 34.3 Å². The number of carbonyl (C=O) groups is 1. The minimum Gasteiger partial charge on any atom is -0.506 e. The smallest absolute Gasteiger partial charge is 0.244 e. The molecule has 1 atom stereocenters. The Balaban J connectivity index is 2.04.